The molecule has 2 aromatic heterocycles. The molecule has 6 heteroatoms. The van der Waals surface area contributed by atoms with E-state index in [0.717, 1.165) is 28.0 Å². The standard InChI is InChI=1S/C13H14N6/c1-8-4-16-10(6-15-8)7-17-13-3-12-9(2-11(13)14)5-18-19-12/h2-6,17H,7,14H2,1H3,(H,18,19). The molecule has 4 N–H and O–H groups in total. The zero-order valence-electron chi connectivity index (χ0n) is 10.5. The second kappa shape index (κ2) is 4.56. The van der Waals surface area contributed by atoms with Crippen molar-refractivity contribution in [2.24, 2.45) is 0 Å². The van der Waals surface area contributed by atoms with E-state index < -0.39 is 0 Å². The zero-order chi connectivity index (χ0) is 13.2. The van der Waals surface area contributed by atoms with Crippen molar-refractivity contribution in [1.29, 1.82) is 0 Å². The highest BCUT2D eigenvalue weighted by Crippen LogP contribution is 2.24. The van der Waals surface area contributed by atoms with Gasteiger partial charge in [-0.15, -0.1) is 0 Å². The number of nitrogens with one attached hydrogen (secondary N) is 2. The number of aromatic nitrogens is 4. The summed E-state index contributed by atoms with van der Waals surface area (Å²) in [4.78, 5) is 8.49. The average Bonchev–Trinajstić information content (AvgIpc) is 2.85. The Morgan fingerprint density at radius 2 is 2.11 bits per heavy atom. The molecule has 0 atom stereocenters. The molecule has 0 radical (unpaired) electrons. The first-order chi connectivity index (χ1) is 9.22. The first-order valence-electron chi connectivity index (χ1n) is 5.96. The molecule has 0 aliphatic rings. The lowest BCUT2D eigenvalue weighted by Crippen LogP contribution is -2.04. The van der Waals surface area contributed by atoms with E-state index in [1.807, 2.05) is 19.1 Å². The molecule has 0 fully saturated rings. The smallest absolute Gasteiger partial charge is 0.0777 e. The van der Waals surface area contributed by atoms with Gasteiger partial charge in [0, 0.05) is 11.6 Å². The molecular weight excluding hydrogens is 240 g/mol. The van der Waals surface area contributed by atoms with E-state index in [2.05, 4.69) is 25.5 Å². The van der Waals surface area contributed by atoms with Crippen LogP contribution < -0.4 is 11.1 Å². The molecule has 0 spiro atoms. The maximum atomic E-state index is 5.99. The Hall–Kier alpha value is -2.63. The summed E-state index contributed by atoms with van der Waals surface area (Å²) < 4.78 is 0. The van der Waals surface area contributed by atoms with Gasteiger partial charge in [-0.1, -0.05) is 0 Å². The molecule has 19 heavy (non-hydrogen) atoms. The van der Waals surface area contributed by atoms with Crippen LogP contribution in [0.2, 0.25) is 0 Å². The third-order valence-electron chi connectivity index (χ3n) is 2.90. The summed E-state index contributed by atoms with van der Waals surface area (Å²) in [7, 11) is 0. The van der Waals surface area contributed by atoms with Crippen LogP contribution >= 0.6 is 0 Å². The summed E-state index contributed by atoms with van der Waals surface area (Å²) >= 11 is 0. The van der Waals surface area contributed by atoms with E-state index in [1.54, 1.807) is 18.6 Å². The van der Waals surface area contributed by atoms with Crippen molar-refractivity contribution in [3.05, 3.63) is 42.1 Å². The first-order valence-corrected chi connectivity index (χ1v) is 5.96. The van der Waals surface area contributed by atoms with Crippen molar-refractivity contribution in [1.82, 2.24) is 20.2 Å². The molecule has 96 valence electrons. The van der Waals surface area contributed by atoms with Crippen molar-refractivity contribution in [3.8, 4) is 0 Å². The number of rotatable bonds is 3. The van der Waals surface area contributed by atoms with Gasteiger partial charge < -0.3 is 11.1 Å². The van der Waals surface area contributed by atoms with Crippen LogP contribution in [0.5, 0.6) is 0 Å². The molecule has 0 unspecified atom stereocenters. The summed E-state index contributed by atoms with van der Waals surface area (Å²) in [6.07, 6.45) is 5.26. The number of H-pyrrole nitrogens is 1. The number of hydrogen-bond donors (Lipinski definition) is 3. The Morgan fingerprint density at radius 1 is 1.21 bits per heavy atom. The summed E-state index contributed by atoms with van der Waals surface area (Å²) in [5.74, 6) is 0. The Balaban J connectivity index is 1.80. The topological polar surface area (TPSA) is 92.5 Å². The van der Waals surface area contributed by atoms with Gasteiger partial charge in [0.25, 0.3) is 0 Å². The van der Waals surface area contributed by atoms with E-state index in [0.29, 0.717) is 12.2 Å². The minimum absolute atomic E-state index is 0.580. The Bertz CT molecular complexity index is 701. The fourth-order valence-corrected chi connectivity index (χ4v) is 1.86. The van der Waals surface area contributed by atoms with Crippen LogP contribution in [0.4, 0.5) is 11.4 Å². The maximum Gasteiger partial charge on any atom is 0.0777 e. The number of hydrogen-bond acceptors (Lipinski definition) is 5. The highest BCUT2D eigenvalue weighted by molar-refractivity contribution is 5.88. The van der Waals surface area contributed by atoms with Gasteiger partial charge in [0.2, 0.25) is 0 Å². The SMILES string of the molecule is Cc1cnc(CNc2cc3[nH]ncc3cc2N)cn1. The van der Waals surface area contributed by atoms with Gasteiger partial charge in [-0.25, -0.2) is 0 Å². The van der Waals surface area contributed by atoms with Gasteiger partial charge >= 0.3 is 0 Å². The van der Waals surface area contributed by atoms with Gasteiger partial charge in [-0.05, 0) is 19.1 Å². The molecule has 0 aliphatic carbocycles. The second-order valence-electron chi connectivity index (χ2n) is 4.40. The average molecular weight is 254 g/mol. The van der Waals surface area contributed by atoms with Crippen LogP contribution in [-0.2, 0) is 6.54 Å². The monoisotopic (exact) mass is 254 g/mol. The van der Waals surface area contributed by atoms with Gasteiger partial charge in [0.05, 0.1) is 47.2 Å². The van der Waals surface area contributed by atoms with Crippen molar-refractivity contribution in [2.45, 2.75) is 13.5 Å². The van der Waals surface area contributed by atoms with Crippen molar-refractivity contribution in [2.75, 3.05) is 11.1 Å². The Morgan fingerprint density at radius 3 is 2.89 bits per heavy atom. The number of nitrogens with two attached hydrogens (primary N) is 1. The van der Waals surface area contributed by atoms with Crippen LogP contribution in [0.3, 0.4) is 0 Å². The van der Waals surface area contributed by atoms with Crippen LogP contribution in [0.25, 0.3) is 10.9 Å². The number of aryl methyl sites for hydroxylation is 1. The van der Waals surface area contributed by atoms with E-state index >= 15 is 0 Å². The van der Waals surface area contributed by atoms with E-state index in [-0.39, 0.29) is 0 Å². The molecule has 0 amide bonds. The minimum atomic E-state index is 0.580. The van der Waals surface area contributed by atoms with Crippen molar-refractivity contribution in [3.63, 3.8) is 0 Å². The van der Waals surface area contributed by atoms with Crippen LogP contribution in [0, 0.1) is 6.92 Å². The fraction of sp³-hybridized carbons (Fsp3) is 0.154. The Labute approximate surface area is 110 Å². The second-order valence-corrected chi connectivity index (χ2v) is 4.40. The number of nitrogens with zero attached hydrogens (tertiary/aromatic N) is 3. The van der Waals surface area contributed by atoms with Gasteiger partial charge in [0.1, 0.15) is 0 Å². The molecule has 0 bridgehead atoms. The lowest BCUT2D eigenvalue weighted by molar-refractivity contribution is 0.985. The number of fused-ring (bicyclic) bond motifs is 1. The summed E-state index contributed by atoms with van der Waals surface area (Å²) in [5.41, 5.74) is 10.3. The molecule has 3 rings (SSSR count). The third-order valence-corrected chi connectivity index (χ3v) is 2.90. The highest BCUT2D eigenvalue weighted by Gasteiger charge is 2.04. The van der Waals surface area contributed by atoms with Gasteiger partial charge in [0.15, 0.2) is 0 Å². The van der Waals surface area contributed by atoms with Crippen molar-refractivity contribution < 1.29 is 0 Å². The minimum Gasteiger partial charge on any atom is -0.397 e. The van der Waals surface area contributed by atoms with Crippen LogP contribution in [-0.4, -0.2) is 20.2 Å². The quantitative estimate of drug-likeness (QED) is 0.620. The van der Waals surface area contributed by atoms with Crippen LogP contribution in [0.15, 0.2) is 30.7 Å². The van der Waals surface area contributed by atoms with Gasteiger partial charge in [-0.3, -0.25) is 15.1 Å². The highest BCUT2D eigenvalue weighted by atomic mass is 15.1. The number of anilines is 2. The lowest BCUT2D eigenvalue weighted by Gasteiger charge is -2.09. The molecule has 0 aliphatic heterocycles. The van der Waals surface area contributed by atoms with E-state index in [4.69, 9.17) is 5.73 Å². The number of aromatic amines is 1. The zero-order valence-corrected chi connectivity index (χ0v) is 10.5. The molecule has 3 aromatic rings. The molecular formula is C13H14N6. The Kier molecular flexibility index (Phi) is 2.75. The number of nitrogen functional groups attached to an aromatic ring is 1. The molecule has 0 saturated heterocycles. The summed E-state index contributed by atoms with van der Waals surface area (Å²) in [6, 6.07) is 3.83. The van der Waals surface area contributed by atoms with Crippen molar-refractivity contribution >= 4 is 22.3 Å². The summed E-state index contributed by atoms with van der Waals surface area (Å²) in [5, 5.41) is 11.2. The lowest BCUT2D eigenvalue weighted by atomic mass is 10.2. The molecule has 6 nitrogen and oxygen atoms in total. The van der Waals surface area contributed by atoms with E-state index in [1.165, 1.54) is 0 Å². The van der Waals surface area contributed by atoms with E-state index in [9.17, 15) is 0 Å². The first kappa shape index (κ1) is 11.5. The van der Waals surface area contributed by atoms with Gasteiger partial charge in [-0.2, -0.15) is 5.10 Å². The normalized spacial score (nSPS) is 10.8. The molecule has 0 saturated carbocycles. The third kappa shape index (κ3) is 2.33. The largest absolute Gasteiger partial charge is 0.397 e. The predicted molar refractivity (Wildman–Crippen MR) is 74.6 cm³/mol. The predicted octanol–water partition coefficient (Wildman–Crippen LogP) is 1.86. The summed E-state index contributed by atoms with van der Waals surface area (Å²) in [6.45, 7) is 2.49. The van der Waals surface area contributed by atoms with Crippen LogP contribution in [0.1, 0.15) is 11.4 Å². The molecule has 2 heterocycles. The number of benzene rings is 1. The fourth-order valence-electron chi connectivity index (χ4n) is 1.86. The molecule has 1 aromatic carbocycles. The maximum absolute atomic E-state index is 5.99.